The summed E-state index contributed by atoms with van der Waals surface area (Å²) < 4.78 is 0. The van der Waals surface area contributed by atoms with Gasteiger partial charge in [-0.2, -0.15) is 0 Å². The summed E-state index contributed by atoms with van der Waals surface area (Å²) >= 11 is 3.00. The Bertz CT molecular complexity index is 918. The van der Waals surface area contributed by atoms with Crippen LogP contribution in [0.2, 0.25) is 0 Å². The Morgan fingerprint density at radius 1 is 1.31 bits per heavy atom. The Balaban J connectivity index is 1.78. The molecule has 3 rings (SSSR count). The number of carbonyl (C=O) groups excluding carboxylic acids is 1. The van der Waals surface area contributed by atoms with Gasteiger partial charge in [0.2, 0.25) is 11.1 Å². The molecule has 0 saturated heterocycles. The monoisotopic (exact) mass is 387 g/mol. The topological polar surface area (TPSA) is 74.8 Å². The number of thioether (sulfide) groups is 1. The Hall–Kier alpha value is -2.19. The summed E-state index contributed by atoms with van der Waals surface area (Å²) in [5, 5.41) is 10.5. The van der Waals surface area contributed by atoms with Crippen molar-refractivity contribution in [1.29, 1.82) is 0 Å². The highest BCUT2D eigenvalue weighted by Gasteiger charge is 2.20. The van der Waals surface area contributed by atoms with Crippen molar-refractivity contribution in [3.05, 3.63) is 46.2 Å². The molecule has 0 atom stereocenters. The highest BCUT2D eigenvalue weighted by Crippen LogP contribution is 2.32. The van der Waals surface area contributed by atoms with Gasteiger partial charge in [-0.05, 0) is 25.5 Å². The number of aromatic amines is 1. The lowest BCUT2D eigenvalue weighted by molar-refractivity contribution is -0.115. The summed E-state index contributed by atoms with van der Waals surface area (Å²) in [6.07, 6.45) is 0.831. The van der Waals surface area contributed by atoms with Crippen molar-refractivity contribution < 1.29 is 4.79 Å². The minimum absolute atomic E-state index is 0.0490. The fraction of sp³-hybridized carbons (Fsp3) is 0.333. The van der Waals surface area contributed by atoms with E-state index in [0.717, 1.165) is 29.2 Å². The zero-order chi connectivity index (χ0) is 18.7. The predicted octanol–water partition coefficient (Wildman–Crippen LogP) is 4.42. The van der Waals surface area contributed by atoms with Crippen molar-refractivity contribution in [3.63, 3.8) is 0 Å². The van der Waals surface area contributed by atoms with Gasteiger partial charge in [-0.15, -0.1) is 16.4 Å². The van der Waals surface area contributed by atoms with E-state index in [4.69, 9.17) is 0 Å². The van der Waals surface area contributed by atoms with Gasteiger partial charge in [0.25, 0.3) is 0 Å². The molecule has 0 bridgehead atoms. The van der Waals surface area contributed by atoms with E-state index >= 15 is 0 Å². The SMILES string of the molecule is CCc1nc(SCc2csc(N(C(C)=O)c3ccc(C)cc3C)n2)n[nH]1. The highest BCUT2D eigenvalue weighted by molar-refractivity contribution is 7.98. The first-order valence-electron chi connectivity index (χ1n) is 8.34. The molecule has 1 N–H and O–H groups in total. The number of hydrogen-bond acceptors (Lipinski definition) is 6. The van der Waals surface area contributed by atoms with Gasteiger partial charge in [-0.3, -0.25) is 14.8 Å². The minimum atomic E-state index is -0.0490. The van der Waals surface area contributed by atoms with E-state index in [-0.39, 0.29) is 5.91 Å². The third kappa shape index (κ3) is 4.13. The van der Waals surface area contributed by atoms with E-state index in [1.165, 1.54) is 28.7 Å². The predicted molar refractivity (Wildman–Crippen MR) is 106 cm³/mol. The Kier molecular flexibility index (Phi) is 5.73. The molecule has 26 heavy (non-hydrogen) atoms. The lowest BCUT2D eigenvalue weighted by Gasteiger charge is -2.20. The van der Waals surface area contributed by atoms with Crippen molar-refractivity contribution in [2.75, 3.05) is 4.90 Å². The van der Waals surface area contributed by atoms with E-state index in [2.05, 4.69) is 26.2 Å². The zero-order valence-electron chi connectivity index (χ0n) is 15.2. The van der Waals surface area contributed by atoms with Crippen LogP contribution in [0.3, 0.4) is 0 Å². The van der Waals surface area contributed by atoms with Crippen LogP contribution in [0.5, 0.6) is 0 Å². The van der Waals surface area contributed by atoms with E-state index in [0.29, 0.717) is 16.0 Å². The van der Waals surface area contributed by atoms with Crippen LogP contribution in [-0.4, -0.2) is 26.1 Å². The number of nitrogens with one attached hydrogen (secondary N) is 1. The fourth-order valence-electron chi connectivity index (χ4n) is 2.57. The van der Waals surface area contributed by atoms with Gasteiger partial charge in [0.1, 0.15) is 5.82 Å². The number of nitrogens with zero attached hydrogens (tertiary/aromatic N) is 4. The number of carbonyl (C=O) groups is 1. The maximum absolute atomic E-state index is 12.3. The molecule has 0 aliphatic heterocycles. The van der Waals surface area contributed by atoms with Crippen LogP contribution in [0, 0.1) is 13.8 Å². The van der Waals surface area contributed by atoms with Crippen molar-refractivity contribution >= 4 is 39.8 Å². The van der Waals surface area contributed by atoms with Crippen molar-refractivity contribution in [1.82, 2.24) is 20.2 Å². The Labute approximate surface area is 161 Å². The maximum atomic E-state index is 12.3. The second-order valence-electron chi connectivity index (χ2n) is 5.97. The third-order valence-corrected chi connectivity index (χ3v) is 5.59. The number of thiazole rings is 1. The first kappa shape index (κ1) is 18.6. The Morgan fingerprint density at radius 3 is 2.77 bits per heavy atom. The number of anilines is 2. The highest BCUT2D eigenvalue weighted by atomic mass is 32.2. The zero-order valence-corrected chi connectivity index (χ0v) is 16.9. The fourth-order valence-corrected chi connectivity index (χ4v) is 4.26. The molecule has 6 nitrogen and oxygen atoms in total. The largest absolute Gasteiger partial charge is 0.274 e. The first-order chi connectivity index (χ1) is 12.5. The summed E-state index contributed by atoms with van der Waals surface area (Å²) in [6.45, 7) is 7.65. The molecule has 0 aliphatic carbocycles. The van der Waals surface area contributed by atoms with Crippen LogP contribution in [0.1, 0.15) is 36.5 Å². The summed E-state index contributed by atoms with van der Waals surface area (Å²) in [6, 6.07) is 6.06. The molecule has 3 aromatic rings. The molecule has 136 valence electrons. The molecule has 1 amide bonds. The average Bonchev–Trinajstić information content (AvgIpc) is 3.24. The van der Waals surface area contributed by atoms with Gasteiger partial charge in [-0.25, -0.2) is 9.97 Å². The summed E-state index contributed by atoms with van der Waals surface area (Å²) in [7, 11) is 0. The summed E-state index contributed by atoms with van der Waals surface area (Å²) in [5.74, 6) is 1.49. The van der Waals surface area contributed by atoms with Gasteiger partial charge < -0.3 is 0 Å². The normalized spacial score (nSPS) is 10.9. The summed E-state index contributed by atoms with van der Waals surface area (Å²) in [5.41, 5.74) is 4.01. The second kappa shape index (κ2) is 8.01. The number of rotatable bonds is 6. The van der Waals surface area contributed by atoms with Crippen LogP contribution in [0.4, 0.5) is 10.8 Å². The number of aromatic nitrogens is 4. The van der Waals surface area contributed by atoms with Crippen molar-refractivity contribution in [2.45, 2.75) is 45.0 Å². The lowest BCUT2D eigenvalue weighted by Crippen LogP contribution is -2.23. The smallest absolute Gasteiger partial charge is 0.230 e. The number of aryl methyl sites for hydroxylation is 3. The van der Waals surface area contributed by atoms with Gasteiger partial charge in [0, 0.05) is 24.5 Å². The van der Waals surface area contributed by atoms with E-state index in [9.17, 15) is 4.79 Å². The van der Waals surface area contributed by atoms with Crippen LogP contribution >= 0.6 is 23.1 Å². The molecule has 0 radical (unpaired) electrons. The molecule has 0 saturated carbocycles. The van der Waals surface area contributed by atoms with E-state index in [1.807, 2.05) is 38.3 Å². The van der Waals surface area contributed by atoms with Crippen molar-refractivity contribution in [2.24, 2.45) is 0 Å². The van der Waals surface area contributed by atoms with Crippen LogP contribution in [0.15, 0.2) is 28.7 Å². The van der Waals surface area contributed by atoms with Crippen LogP contribution in [-0.2, 0) is 17.0 Å². The number of amides is 1. The summed E-state index contributed by atoms with van der Waals surface area (Å²) in [4.78, 5) is 23.0. The number of benzene rings is 1. The molecule has 1 aromatic carbocycles. The number of H-pyrrole nitrogens is 1. The molecule has 0 aliphatic rings. The maximum Gasteiger partial charge on any atom is 0.230 e. The van der Waals surface area contributed by atoms with Gasteiger partial charge in [0.05, 0.1) is 11.4 Å². The van der Waals surface area contributed by atoms with E-state index < -0.39 is 0 Å². The quantitative estimate of drug-likeness (QED) is 0.634. The van der Waals surface area contributed by atoms with Gasteiger partial charge in [0.15, 0.2) is 5.13 Å². The molecule has 2 heterocycles. The van der Waals surface area contributed by atoms with Crippen LogP contribution in [0.25, 0.3) is 0 Å². The second-order valence-corrected chi connectivity index (χ2v) is 7.75. The third-order valence-electron chi connectivity index (χ3n) is 3.83. The van der Waals surface area contributed by atoms with Gasteiger partial charge in [-0.1, -0.05) is 36.4 Å². The van der Waals surface area contributed by atoms with Crippen LogP contribution < -0.4 is 4.90 Å². The van der Waals surface area contributed by atoms with Gasteiger partial charge >= 0.3 is 0 Å². The Morgan fingerprint density at radius 2 is 2.12 bits per heavy atom. The standard InChI is InChI=1S/C18H21N5OS2/c1-5-16-20-17(22-21-16)25-9-14-10-26-18(19-14)23(13(4)24)15-7-6-11(2)8-12(15)3/h6-8,10H,5,9H2,1-4H3,(H,20,21,22). The number of hydrogen-bond donors (Lipinski definition) is 1. The molecule has 2 aromatic heterocycles. The molecular weight excluding hydrogens is 366 g/mol. The van der Waals surface area contributed by atoms with Crippen molar-refractivity contribution in [3.8, 4) is 0 Å². The molecule has 0 spiro atoms. The molecule has 0 unspecified atom stereocenters. The minimum Gasteiger partial charge on any atom is -0.274 e. The lowest BCUT2D eigenvalue weighted by atomic mass is 10.1. The molecule has 0 fully saturated rings. The van der Waals surface area contributed by atoms with E-state index in [1.54, 1.807) is 11.8 Å². The first-order valence-corrected chi connectivity index (χ1v) is 10.2. The molecule has 8 heteroatoms. The molecular formula is C18H21N5OS2. The average molecular weight is 388 g/mol.